The fourth-order valence-corrected chi connectivity index (χ4v) is 11.9. The van der Waals surface area contributed by atoms with E-state index < -0.39 is 0 Å². The van der Waals surface area contributed by atoms with E-state index in [1.807, 2.05) is 6.07 Å². The summed E-state index contributed by atoms with van der Waals surface area (Å²) in [5.74, 6) is 3.38. The van der Waals surface area contributed by atoms with Crippen molar-refractivity contribution in [2.75, 3.05) is 4.90 Å². The monoisotopic (exact) mass is 669 g/mol. The third-order valence-corrected chi connectivity index (χ3v) is 13.6. The minimum Gasteiger partial charge on any atom is -0.456 e. The van der Waals surface area contributed by atoms with Gasteiger partial charge in [-0.05, 0) is 142 Å². The molecule has 2 nitrogen and oxygen atoms in total. The number of hydrogen-bond acceptors (Lipinski definition) is 2. The van der Waals surface area contributed by atoms with Crippen LogP contribution in [0.5, 0.6) is 0 Å². The highest BCUT2D eigenvalue weighted by Gasteiger charge is 2.61. The molecule has 4 bridgehead atoms. The maximum absolute atomic E-state index is 6.46. The Labute approximate surface area is 304 Å². The van der Waals surface area contributed by atoms with Gasteiger partial charge in [0.05, 0.1) is 0 Å². The second-order valence-electron chi connectivity index (χ2n) is 16.1. The molecule has 0 amide bonds. The summed E-state index contributed by atoms with van der Waals surface area (Å²) in [7, 11) is 0. The van der Waals surface area contributed by atoms with Crippen LogP contribution in [-0.2, 0) is 5.41 Å². The summed E-state index contributed by atoms with van der Waals surface area (Å²) in [6, 6.07) is 56.4. The van der Waals surface area contributed by atoms with E-state index in [0.29, 0.717) is 0 Å². The number of anilines is 3. The largest absolute Gasteiger partial charge is 0.456 e. The quantitative estimate of drug-likeness (QED) is 0.185. The fraction of sp³-hybridized carbons (Fsp3) is 0.200. The fourth-order valence-electron chi connectivity index (χ4n) is 11.9. The first-order valence-corrected chi connectivity index (χ1v) is 19.3. The maximum atomic E-state index is 6.46. The van der Waals surface area contributed by atoms with E-state index in [0.717, 1.165) is 57.0 Å². The molecule has 8 aromatic rings. The van der Waals surface area contributed by atoms with Crippen molar-refractivity contribution in [2.24, 2.45) is 23.7 Å². The summed E-state index contributed by atoms with van der Waals surface area (Å²) in [6.07, 6.45) is 7.06. The van der Waals surface area contributed by atoms with Gasteiger partial charge in [-0.25, -0.2) is 0 Å². The molecule has 250 valence electrons. The minimum absolute atomic E-state index is 0.163. The van der Waals surface area contributed by atoms with Crippen LogP contribution in [0.25, 0.3) is 55.0 Å². The van der Waals surface area contributed by atoms with Crippen LogP contribution in [0.2, 0.25) is 0 Å². The average Bonchev–Trinajstić information content (AvgIpc) is 3.70. The Bertz CT molecular complexity index is 2680. The van der Waals surface area contributed by atoms with E-state index in [2.05, 4.69) is 150 Å². The lowest BCUT2D eigenvalue weighted by atomic mass is 9.43. The normalized spacial score (nSPS) is 23.8. The zero-order valence-corrected chi connectivity index (χ0v) is 29.1. The van der Waals surface area contributed by atoms with Crippen molar-refractivity contribution in [2.45, 2.75) is 37.5 Å². The Hall–Kier alpha value is -5.60. The Balaban J connectivity index is 1.03. The molecule has 0 radical (unpaired) electrons. The molecule has 13 rings (SSSR count). The lowest BCUT2D eigenvalue weighted by Crippen LogP contribution is -2.55. The Morgan fingerprint density at radius 2 is 1.06 bits per heavy atom. The van der Waals surface area contributed by atoms with Gasteiger partial charge in [-0.2, -0.15) is 0 Å². The molecule has 5 aliphatic carbocycles. The van der Waals surface area contributed by atoms with Crippen LogP contribution in [0.3, 0.4) is 0 Å². The molecule has 52 heavy (non-hydrogen) atoms. The summed E-state index contributed by atoms with van der Waals surface area (Å²) in [5, 5.41) is 4.85. The second-order valence-corrected chi connectivity index (χ2v) is 16.1. The second kappa shape index (κ2) is 10.7. The smallest absolute Gasteiger partial charge is 0.137 e. The summed E-state index contributed by atoms with van der Waals surface area (Å²) in [5.41, 5.74) is 14.0. The molecule has 4 fully saturated rings. The molecular formula is C50H39NO. The van der Waals surface area contributed by atoms with Crippen LogP contribution in [0.1, 0.15) is 43.2 Å². The van der Waals surface area contributed by atoms with Crippen molar-refractivity contribution in [3.8, 4) is 22.3 Å². The van der Waals surface area contributed by atoms with Gasteiger partial charge in [-0.15, -0.1) is 0 Å². The zero-order valence-electron chi connectivity index (χ0n) is 29.1. The van der Waals surface area contributed by atoms with Gasteiger partial charge in [0.15, 0.2) is 0 Å². The van der Waals surface area contributed by atoms with Gasteiger partial charge in [0, 0.05) is 39.3 Å². The standard InChI is InChI=1S/C50H39NO/c1-2-10-40-33(8-1)9-7-13-41(40)34-16-18-37(19-17-34)51(39-20-22-44-43-12-4-6-15-48(43)52-49(44)30-39)38-21-23-47-45(29-38)42-11-3-5-14-46(42)50(47)35-25-31-24-32(27-35)28-36(50)26-31/h1-23,29-32,35-36H,24-28H2. The van der Waals surface area contributed by atoms with Gasteiger partial charge in [-0.1, -0.05) is 103 Å². The first-order chi connectivity index (χ1) is 25.7. The predicted octanol–water partition coefficient (Wildman–Crippen LogP) is 13.6. The zero-order chi connectivity index (χ0) is 34.0. The summed E-state index contributed by atoms with van der Waals surface area (Å²) in [6.45, 7) is 0. The van der Waals surface area contributed by atoms with Gasteiger partial charge in [0.2, 0.25) is 0 Å². The number of fused-ring (bicyclic) bond motifs is 7. The first-order valence-electron chi connectivity index (χ1n) is 19.3. The van der Waals surface area contributed by atoms with Crippen LogP contribution in [0.4, 0.5) is 17.1 Å². The summed E-state index contributed by atoms with van der Waals surface area (Å²) >= 11 is 0. The van der Waals surface area contributed by atoms with Crippen LogP contribution in [0.15, 0.2) is 156 Å². The summed E-state index contributed by atoms with van der Waals surface area (Å²) < 4.78 is 6.46. The van der Waals surface area contributed by atoms with E-state index in [-0.39, 0.29) is 5.41 Å². The van der Waals surface area contributed by atoms with Crippen LogP contribution >= 0.6 is 0 Å². The lowest BCUT2D eigenvalue weighted by molar-refractivity contribution is -0.0399. The molecule has 0 unspecified atom stereocenters. The number of rotatable bonds is 4. The highest BCUT2D eigenvalue weighted by molar-refractivity contribution is 6.06. The van der Waals surface area contributed by atoms with Crippen molar-refractivity contribution in [1.82, 2.24) is 0 Å². The van der Waals surface area contributed by atoms with Gasteiger partial charge < -0.3 is 9.32 Å². The molecule has 7 aromatic carbocycles. The molecule has 5 aliphatic rings. The molecule has 0 saturated heterocycles. The summed E-state index contributed by atoms with van der Waals surface area (Å²) in [4.78, 5) is 2.43. The minimum atomic E-state index is 0.163. The highest BCUT2D eigenvalue weighted by Crippen LogP contribution is 2.69. The molecule has 1 heterocycles. The predicted molar refractivity (Wildman–Crippen MR) is 215 cm³/mol. The van der Waals surface area contributed by atoms with Crippen LogP contribution in [-0.4, -0.2) is 0 Å². The van der Waals surface area contributed by atoms with E-state index in [1.165, 1.54) is 70.8 Å². The van der Waals surface area contributed by atoms with Crippen molar-refractivity contribution in [1.29, 1.82) is 0 Å². The van der Waals surface area contributed by atoms with Crippen molar-refractivity contribution >= 4 is 49.8 Å². The Morgan fingerprint density at radius 3 is 1.90 bits per heavy atom. The molecule has 0 aliphatic heterocycles. The number of para-hydroxylation sites is 1. The van der Waals surface area contributed by atoms with Gasteiger partial charge in [0.25, 0.3) is 0 Å². The molecule has 1 aromatic heterocycles. The molecular weight excluding hydrogens is 631 g/mol. The number of nitrogens with zero attached hydrogens (tertiary/aromatic N) is 1. The van der Waals surface area contributed by atoms with Gasteiger partial charge >= 0.3 is 0 Å². The Kier molecular flexibility index (Phi) is 5.98. The molecule has 2 heteroatoms. The topological polar surface area (TPSA) is 16.4 Å². The third-order valence-electron chi connectivity index (χ3n) is 13.6. The van der Waals surface area contributed by atoms with E-state index in [1.54, 1.807) is 11.1 Å². The molecule has 0 atom stereocenters. The van der Waals surface area contributed by atoms with E-state index in [4.69, 9.17) is 4.42 Å². The van der Waals surface area contributed by atoms with Crippen molar-refractivity contribution in [3.05, 3.63) is 163 Å². The third kappa shape index (κ3) is 3.96. The SMILES string of the molecule is c1ccc2c(c1)-c1cc(N(c3ccc(-c4cccc5ccccc45)cc3)c3ccc4c(c3)oc3ccccc34)ccc1C21C2CC3CC(C2)CC1C3. The number of hydrogen-bond donors (Lipinski definition) is 0. The van der Waals surface area contributed by atoms with E-state index in [9.17, 15) is 0 Å². The molecule has 0 N–H and O–H groups in total. The first kappa shape index (κ1) is 29.0. The Morgan fingerprint density at radius 1 is 0.442 bits per heavy atom. The maximum Gasteiger partial charge on any atom is 0.137 e. The number of furan rings is 1. The van der Waals surface area contributed by atoms with Crippen LogP contribution in [0, 0.1) is 23.7 Å². The lowest BCUT2D eigenvalue weighted by Gasteiger charge is -2.61. The van der Waals surface area contributed by atoms with Crippen LogP contribution < -0.4 is 4.90 Å². The van der Waals surface area contributed by atoms with E-state index >= 15 is 0 Å². The average molecular weight is 670 g/mol. The van der Waals surface area contributed by atoms with Crippen molar-refractivity contribution < 1.29 is 4.42 Å². The van der Waals surface area contributed by atoms with Crippen molar-refractivity contribution in [3.63, 3.8) is 0 Å². The van der Waals surface area contributed by atoms with Gasteiger partial charge in [0.1, 0.15) is 11.2 Å². The van der Waals surface area contributed by atoms with Gasteiger partial charge in [-0.3, -0.25) is 0 Å². The highest BCUT2D eigenvalue weighted by atomic mass is 16.3. The number of benzene rings is 7. The molecule has 4 saturated carbocycles. The molecule has 1 spiro atoms.